The Kier molecular flexibility index (Phi) is 10.3. The van der Waals surface area contributed by atoms with Crippen LogP contribution in [0.4, 0.5) is 4.39 Å². The number of nitrogens with one attached hydrogen (secondary N) is 1. The highest BCUT2D eigenvalue weighted by molar-refractivity contribution is 7.47. The molecule has 1 fully saturated rings. The second-order valence-electron chi connectivity index (χ2n) is 9.33. The Hall–Kier alpha value is -2.80. The fourth-order valence-corrected chi connectivity index (χ4v) is 4.89. The van der Waals surface area contributed by atoms with E-state index in [4.69, 9.17) is 13.8 Å². The molecule has 1 unspecified atom stereocenters. The molecule has 0 amide bonds. The molecule has 2 heterocycles. The molecule has 214 valence electrons. The van der Waals surface area contributed by atoms with Crippen molar-refractivity contribution in [3.63, 3.8) is 0 Å². The summed E-state index contributed by atoms with van der Waals surface area (Å²) in [5.41, 5.74) is -2.96. The molecule has 1 aromatic heterocycles. The van der Waals surface area contributed by atoms with Gasteiger partial charge in [0.2, 0.25) is 5.82 Å². The molecular weight excluding hydrogens is 538 g/mol. The van der Waals surface area contributed by atoms with Gasteiger partial charge in [0.15, 0.2) is 17.2 Å². The zero-order valence-corrected chi connectivity index (χ0v) is 22.5. The van der Waals surface area contributed by atoms with Crippen LogP contribution in [0.25, 0.3) is 0 Å². The van der Waals surface area contributed by atoms with Crippen LogP contribution in [0.5, 0.6) is 0 Å². The second kappa shape index (κ2) is 13.0. The van der Waals surface area contributed by atoms with Crippen LogP contribution in [0.15, 0.2) is 40.1 Å². The van der Waals surface area contributed by atoms with Gasteiger partial charge in [-0.15, -0.1) is 0 Å². The minimum Gasteiger partial charge on any atom is -0.379 e. The van der Waals surface area contributed by atoms with Gasteiger partial charge >= 0.3 is 13.5 Å². The minimum atomic E-state index is -4.62. The van der Waals surface area contributed by atoms with Gasteiger partial charge in [-0.25, -0.2) is 9.36 Å². The molecule has 2 aromatic rings. The molecule has 3 N–H and O–H groups in total. The molecule has 0 aliphatic carbocycles. The van der Waals surface area contributed by atoms with Gasteiger partial charge in [0.05, 0.1) is 19.4 Å². The van der Waals surface area contributed by atoms with Crippen LogP contribution in [-0.2, 0) is 29.6 Å². The molecule has 1 aliphatic rings. The number of aromatic nitrogens is 2. The first kappa shape index (κ1) is 30.7. The first-order valence-electron chi connectivity index (χ1n) is 12.5. The number of aliphatic hydroxyl groups is 1. The van der Waals surface area contributed by atoms with Crippen molar-refractivity contribution in [2.75, 3.05) is 13.2 Å². The predicted octanol–water partition coefficient (Wildman–Crippen LogP) is 2.42. The van der Waals surface area contributed by atoms with Gasteiger partial charge in [0.1, 0.15) is 12.3 Å². The third-order valence-electron chi connectivity index (χ3n) is 6.47. The number of carbonyl (C=O) groups is 2. The summed E-state index contributed by atoms with van der Waals surface area (Å²) in [7, 11) is -4.62. The van der Waals surface area contributed by atoms with E-state index in [1.807, 2.05) is 19.1 Å². The number of aromatic amines is 1. The number of nitrogens with zero attached hydrogens (tertiary/aromatic N) is 1. The number of ether oxygens (including phenoxy) is 1. The van der Waals surface area contributed by atoms with Gasteiger partial charge < -0.3 is 14.7 Å². The van der Waals surface area contributed by atoms with Crippen molar-refractivity contribution in [3.8, 4) is 0 Å². The minimum absolute atomic E-state index is 0.0808. The first-order valence-corrected chi connectivity index (χ1v) is 14.0. The van der Waals surface area contributed by atoms with E-state index in [1.165, 1.54) is 0 Å². The predicted molar refractivity (Wildman–Crippen MR) is 136 cm³/mol. The van der Waals surface area contributed by atoms with Gasteiger partial charge in [-0.3, -0.25) is 33.0 Å². The number of phosphoric ester groups is 1. The fraction of sp³-hybridized carbons (Fsp3) is 0.520. The van der Waals surface area contributed by atoms with Crippen LogP contribution < -0.4 is 11.2 Å². The highest BCUT2D eigenvalue weighted by Gasteiger charge is 2.52. The Morgan fingerprint density at radius 3 is 2.56 bits per heavy atom. The van der Waals surface area contributed by atoms with Crippen molar-refractivity contribution in [1.29, 1.82) is 0 Å². The number of carbonyl (C=O) groups excluding carboxylic acids is 2. The molecule has 1 aliphatic heterocycles. The van der Waals surface area contributed by atoms with Gasteiger partial charge in [-0.1, -0.05) is 37.6 Å². The molecule has 12 nitrogen and oxygen atoms in total. The summed E-state index contributed by atoms with van der Waals surface area (Å²) >= 11 is 0. The van der Waals surface area contributed by atoms with Crippen LogP contribution in [0.2, 0.25) is 0 Å². The number of H-pyrrole nitrogens is 1. The van der Waals surface area contributed by atoms with Crippen molar-refractivity contribution in [2.24, 2.45) is 0 Å². The maximum Gasteiger partial charge on any atom is 0.472 e. The number of ketones is 2. The van der Waals surface area contributed by atoms with E-state index in [9.17, 15) is 38.1 Å². The second-order valence-corrected chi connectivity index (χ2v) is 10.8. The van der Waals surface area contributed by atoms with E-state index in [-0.39, 0.29) is 12.4 Å². The normalized spacial score (nSPS) is 22.5. The quantitative estimate of drug-likeness (QED) is 0.174. The molecule has 1 aromatic carbocycles. The summed E-state index contributed by atoms with van der Waals surface area (Å²) in [5.74, 6) is -1.98. The summed E-state index contributed by atoms with van der Waals surface area (Å²) in [6, 6.07) is 7.11. The fourth-order valence-electron chi connectivity index (χ4n) is 4.13. The summed E-state index contributed by atoms with van der Waals surface area (Å²) in [6.45, 7) is 2.16. The highest BCUT2D eigenvalue weighted by Crippen LogP contribution is 2.46. The summed E-state index contributed by atoms with van der Waals surface area (Å²) in [5, 5.41) is 10.8. The van der Waals surface area contributed by atoms with E-state index in [1.54, 1.807) is 17.1 Å². The SMILES string of the molecule is CCCCC(=O)c1ccc(CCCOP(=O)(O)OC[C@H]2O[C@@H](n3cc(F)c(=O)[nH]c3=O)C[C@@]2(O)C(C)=O)cc1. The molecule has 14 heteroatoms. The number of hydrogen-bond donors (Lipinski definition) is 3. The molecule has 1 saturated heterocycles. The van der Waals surface area contributed by atoms with E-state index in [2.05, 4.69) is 0 Å². The van der Waals surface area contributed by atoms with Crippen LogP contribution in [0.1, 0.15) is 68.1 Å². The van der Waals surface area contributed by atoms with Crippen LogP contribution in [0.3, 0.4) is 0 Å². The Morgan fingerprint density at radius 1 is 1.23 bits per heavy atom. The largest absolute Gasteiger partial charge is 0.472 e. The van der Waals surface area contributed by atoms with Crippen molar-refractivity contribution in [1.82, 2.24) is 9.55 Å². The van der Waals surface area contributed by atoms with Crippen molar-refractivity contribution in [3.05, 3.63) is 68.2 Å². The number of Topliss-reactive ketones (excluding diaryl/α,β-unsaturated/α-hetero) is 2. The topological polar surface area (TPSA) is 174 Å². The lowest BCUT2D eigenvalue weighted by molar-refractivity contribution is -0.144. The standard InChI is InChI=1S/C25H32FN2O10P/c1-3-4-7-20(30)18-10-8-17(9-11-18)6-5-12-36-39(34,35)37-15-21-25(33,16(2)29)13-22(38-21)28-14-19(26)23(31)27-24(28)32/h8-11,14,21-22,33H,3-7,12-13,15H2,1-2H3,(H,34,35)(H,27,31,32)/t21-,22-,25-/m1/s1. The van der Waals surface area contributed by atoms with E-state index in [0.717, 1.165) is 25.3 Å². The monoisotopic (exact) mass is 570 g/mol. The molecular formula is C25H32FN2O10P. The molecule has 3 rings (SSSR count). The summed E-state index contributed by atoms with van der Waals surface area (Å²) in [4.78, 5) is 59.4. The van der Waals surface area contributed by atoms with Crippen LogP contribution in [0, 0.1) is 5.82 Å². The van der Waals surface area contributed by atoms with Gasteiger partial charge in [0, 0.05) is 18.4 Å². The van der Waals surface area contributed by atoms with Crippen molar-refractivity contribution >= 4 is 19.4 Å². The van der Waals surface area contributed by atoms with E-state index < -0.39 is 61.6 Å². The smallest absolute Gasteiger partial charge is 0.379 e. The van der Waals surface area contributed by atoms with Gasteiger partial charge in [0.25, 0.3) is 5.56 Å². The summed E-state index contributed by atoms with van der Waals surface area (Å²) < 4.78 is 42.1. The Balaban J connectivity index is 1.53. The molecule has 0 radical (unpaired) electrons. The lowest BCUT2D eigenvalue weighted by Gasteiger charge is -2.25. The number of benzene rings is 1. The Labute approximate surface area is 223 Å². The van der Waals surface area contributed by atoms with Gasteiger partial charge in [-0.05, 0) is 31.7 Å². The molecule has 0 saturated carbocycles. The maximum atomic E-state index is 13.7. The Morgan fingerprint density at radius 2 is 1.92 bits per heavy atom. The third kappa shape index (κ3) is 7.87. The average molecular weight is 571 g/mol. The lowest BCUT2D eigenvalue weighted by Crippen LogP contribution is -2.47. The molecule has 0 bridgehead atoms. The van der Waals surface area contributed by atoms with Crippen LogP contribution >= 0.6 is 7.82 Å². The van der Waals surface area contributed by atoms with Crippen molar-refractivity contribution in [2.45, 2.75) is 70.3 Å². The third-order valence-corrected chi connectivity index (χ3v) is 7.45. The van der Waals surface area contributed by atoms with Gasteiger partial charge in [-0.2, -0.15) is 4.39 Å². The average Bonchev–Trinajstić information content (AvgIpc) is 3.24. The first-order chi connectivity index (χ1) is 18.4. The zero-order chi connectivity index (χ0) is 28.8. The number of phosphoric acid groups is 1. The maximum absolute atomic E-state index is 13.7. The summed E-state index contributed by atoms with van der Waals surface area (Å²) in [6.07, 6.45) is 0.349. The number of unbranched alkanes of at least 4 members (excludes halogenated alkanes) is 1. The molecule has 39 heavy (non-hydrogen) atoms. The number of rotatable bonds is 14. The highest BCUT2D eigenvalue weighted by atomic mass is 31.2. The molecule has 4 atom stereocenters. The van der Waals surface area contributed by atoms with E-state index in [0.29, 0.717) is 35.6 Å². The number of hydrogen-bond acceptors (Lipinski definition) is 9. The van der Waals surface area contributed by atoms with Crippen LogP contribution in [-0.4, -0.2) is 56.0 Å². The lowest BCUT2D eigenvalue weighted by atomic mass is 9.91. The Bertz CT molecular complexity index is 1340. The van der Waals surface area contributed by atoms with Crippen molar-refractivity contribution < 1.29 is 42.3 Å². The number of halogens is 1. The van der Waals surface area contributed by atoms with E-state index >= 15 is 0 Å². The zero-order valence-electron chi connectivity index (χ0n) is 21.6. The number of aryl methyl sites for hydroxylation is 1. The molecule has 0 spiro atoms.